The van der Waals surface area contributed by atoms with Gasteiger partial charge in [-0.25, -0.2) is 0 Å². The minimum absolute atomic E-state index is 0.427. The van der Waals surface area contributed by atoms with Gasteiger partial charge in [0.25, 0.3) is 0 Å². The van der Waals surface area contributed by atoms with Gasteiger partial charge < -0.3 is 0 Å². The lowest BCUT2D eigenvalue weighted by atomic mass is 9.29. The van der Waals surface area contributed by atoms with Gasteiger partial charge in [-0.2, -0.15) is 0 Å². The second-order valence-corrected chi connectivity index (χ2v) is 14.8. The lowest BCUT2D eigenvalue weighted by Crippen LogP contribution is -2.68. The molecule has 8 bridgehead atoms. The molecule has 2 aromatic rings. The first kappa shape index (κ1) is 25.1. The van der Waals surface area contributed by atoms with Crippen LogP contribution in [0.1, 0.15) is 80.9 Å². The average molecular weight is 545 g/mol. The molecule has 0 saturated heterocycles. The van der Waals surface area contributed by atoms with Gasteiger partial charge in [-0.05, 0) is 140 Å². The van der Waals surface area contributed by atoms with Crippen molar-refractivity contribution in [1.82, 2.24) is 0 Å². The molecule has 0 nitrogen and oxygen atoms in total. The average Bonchev–Trinajstić information content (AvgIpc) is 3.06. The molecule has 2 aromatic carbocycles. The molecule has 9 aliphatic rings. The van der Waals surface area contributed by atoms with E-state index in [1.165, 1.54) is 56.1 Å². The van der Waals surface area contributed by atoms with Crippen LogP contribution in [0.3, 0.4) is 0 Å². The second-order valence-electron chi connectivity index (χ2n) is 14.8. The van der Waals surface area contributed by atoms with Crippen LogP contribution < -0.4 is 0 Å². The Morgan fingerprint density at radius 3 is 1.62 bits per heavy atom. The maximum absolute atomic E-state index is 3.53. The van der Waals surface area contributed by atoms with Crippen molar-refractivity contribution in [2.24, 2.45) is 40.9 Å². The van der Waals surface area contributed by atoms with Crippen molar-refractivity contribution in [1.29, 1.82) is 0 Å². The Hall–Kier alpha value is -3.48. The highest BCUT2D eigenvalue weighted by atomic mass is 14.7. The standard InChI is InChI=1S/C42H40/c1-3-7-29(8-4-1)11-13-31-15-19-33(20-16-31)41-23-35-38-26-42(27-39(35)37(25-41)40(28-42)36(38)24-41)34-21-17-32(18-22-34)14-12-30-9-5-2-6-10-30/h1-5,7-9,15-17,19-21,35-40H,6,10,18,22-28H2. The summed E-state index contributed by atoms with van der Waals surface area (Å²) >= 11 is 0. The van der Waals surface area contributed by atoms with Crippen LogP contribution in [-0.4, -0.2) is 0 Å². The van der Waals surface area contributed by atoms with Gasteiger partial charge in [-0.15, -0.1) is 0 Å². The quantitative estimate of drug-likeness (QED) is 0.330. The molecule has 9 aliphatic carbocycles. The molecule has 0 radical (unpaired) electrons. The molecular weight excluding hydrogens is 504 g/mol. The summed E-state index contributed by atoms with van der Waals surface area (Å²) in [5, 5.41) is 0. The van der Waals surface area contributed by atoms with Gasteiger partial charge >= 0.3 is 0 Å². The molecule has 0 N–H and O–H groups in total. The first-order chi connectivity index (χ1) is 20.7. The molecule has 0 aliphatic heterocycles. The Balaban J connectivity index is 0.937. The van der Waals surface area contributed by atoms with E-state index in [1.807, 2.05) is 0 Å². The number of rotatable bonds is 2. The van der Waals surface area contributed by atoms with Gasteiger partial charge in [-0.1, -0.05) is 90.0 Å². The summed E-state index contributed by atoms with van der Waals surface area (Å²) < 4.78 is 0. The third-order valence-electron chi connectivity index (χ3n) is 12.9. The summed E-state index contributed by atoms with van der Waals surface area (Å²) in [6.07, 6.45) is 24.9. The Labute approximate surface area is 252 Å². The highest BCUT2D eigenvalue weighted by molar-refractivity contribution is 5.47. The molecule has 0 heteroatoms. The molecule has 0 unspecified atom stereocenters. The molecule has 0 amide bonds. The van der Waals surface area contributed by atoms with Crippen LogP contribution in [0.4, 0.5) is 0 Å². The van der Waals surface area contributed by atoms with Crippen molar-refractivity contribution in [3.05, 3.63) is 118 Å². The van der Waals surface area contributed by atoms with Gasteiger partial charge in [0.15, 0.2) is 0 Å². The molecule has 0 aromatic heterocycles. The topological polar surface area (TPSA) is 0 Å². The fourth-order valence-electron chi connectivity index (χ4n) is 11.3. The molecule has 0 atom stereocenters. The van der Waals surface area contributed by atoms with Crippen LogP contribution in [0.25, 0.3) is 0 Å². The van der Waals surface area contributed by atoms with Crippen LogP contribution in [0.2, 0.25) is 0 Å². The van der Waals surface area contributed by atoms with Crippen LogP contribution in [-0.2, 0) is 5.41 Å². The second kappa shape index (κ2) is 9.51. The monoisotopic (exact) mass is 544 g/mol. The lowest BCUT2D eigenvalue weighted by Gasteiger charge is -2.75. The van der Waals surface area contributed by atoms with Gasteiger partial charge in [0.1, 0.15) is 0 Å². The summed E-state index contributed by atoms with van der Waals surface area (Å²) in [4.78, 5) is 0. The number of hydrogen-bond donors (Lipinski definition) is 0. The van der Waals surface area contributed by atoms with Crippen molar-refractivity contribution in [3.63, 3.8) is 0 Å². The summed E-state index contributed by atoms with van der Waals surface area (Å²) in [5.74, 6) is 19.5. The summed E-state index contributed by atoms with van der Waals surface area (Å²) in [5.41, 5.74) is 9.21. The van der Waals surface area contributed by atoms with E-state index >= 15 is 0 Å². The van der Waals surface area contributed by atoms with E-state index in [4.69, 9.17) is 0 Å². The van der Waals surface area contributed by atoms with Crippen molar-refractivity contribution < 1.29 is 0 Å². The third-order valence-corrected chi connectivity index (χ3v) is 12.9. The van der Waals surface area contributed by atoms with E-state index in [0.717, 1.165) is 65.9 Å². The molecule has 0 spiro atoms. The zero-order valence-electron chi connectivity index (χ0n) is 24.6. The van der Waals surface area contributed by atoms with E-state index < -0.39 is 0 Å². The van der Waals surface area contributed by atoms with E-state index in [9.17, 15) is 0 Å². The Morgan fingerprint density at radius 1 is 0.500 bits per heavy atom. The normalized spacial score (nSPS) is 38.1. The molecule has 42 heavy (non-hydrogen) atoms. The lowest BCUT2D eigenvalue weighted by molar-refractivity contribution is -0.232. The smallest absolute Gasteiger partial charge is 0.0249 e. The van der Waals surface area contributed by atoms with E-state index in [1.54, 1.807) is 11.1 Å². The van der Waals surface area contributed by atoms with Crippen molar-refractivity contribution >= 4 is 0 Å². The van der Waals surface area contributed by atoms with Gasteiger partial charge in [0.2, 0.25) is 0 Å². The predicted octanol–water partition coefficient (Wildman–Crippen LogP) is 9.34. The van der Waals surface area contributed by atoms with E-state index in [-0.39, 0.29) is 0 Å². The molecule has 11 rings (SSSR count). The summed E-state index contributed by atoms with van der Waals surface area (Å²) in [6.45, 7) is 0. The fraction of sp³-hybridized carbons (Fsp3) is 0.429. The number of hydrogen-bond acceptors (Lipinski definition) is 0. The summed E-state index contributed by atoms with van der Waals surface area (Å²) in [6, 6.07) is 19.8. The van der Waals surface area contributed by atoms with Crippen LogP contribution in [0.5, 0.6) is 0 Å². The number of allylic oxidation sites excluding steroid dienone is 8. The summed E-state index contributed by atoms with van der Waals surface area (Å²) in [7, 11) is 0. The molecule has 7 saturated carbocycles. The third kappa shape index (κ3) is 3.91. The molecule has 0 heterocycles. The maximum Gasteiger partial charge on any atom is 0.0249 e. The Morgan fingerprint density at radius 2 is 1.07 bits per heavy atom. The van der Waals surface area contributed by atoms with Crippen LogP contribution in [0, 0.1) is 64.6 Å². The Kier molecular flexibility index (Phi) is 5.68. The first-order valence-corrected chi connectivity index (χ1v) is 16.6. The molecule has 208 valence electrons. The van der Waals surface area contributed by atoms with E-state index in [2.05, 4.69) is 109 Å². The Bertz CT molecular complexity index is 1600. The largest absolute Gasteiger partial charge is 0.0842 e. The zero-order valence-corrected chi connectivity index (χ0v) is 24.6. The zero-order chi connectivity index (χ0) is 27.7. The van der Waals surface area contributed by atoms with Gasteiger partial charge in [0.05, 0.1) is 0 Å². The fourth-order valence-corrected chi connectivity index (χ4v) is 11.3. The molecule has 7 fully saturated rings. The minimum Gasteiger partial charge on any atom is -0.0842 e. The van der Waals surface area contributed by atoms with Crippen molar-refractivity contribution in [2.45, 2.75) is 69.6 Å². The SMILES string of the molecule is C(#CC1=CC=C(C23CC4C5CC6(c7ccc(C#Cc8ccccc8)cc7)CC4C(C2)C(C6)C5C3)CC1)C1=CC=CCC1. The maximum atomic E-state index is 3.53. The van der Waals surface area contributed by atoms with Crippen molar-refractivity contribution in [2.75, 3.05) is 0 Å². The number of benzene rings is 2. The highest BCUT2D eigenvalue weighted by Gasteiger charge is 2.70. The molecular formula is C42H40. The van der Waals surface area contributed by atoms with Gasteiger partial charge in [-0.3, -0.25) is 0 Å². The predicted molar refractivity (Wildman–Crippen MR) is 171 cm³/mol. The highest BCUT2D eigenvalue weighted by Crippen LogP contribution is 2.78. The van der Waals surface area contributed by atoms with Crippen LogP contribution >= 0.6 is 0 Å². The minimum atomic E-state index is 0.427. The van der Waals surface area contributed by atoms with E-state index in [0.29, 0.717) is 10.8 Å². The first-order valence-electron chi connectivity index (χ1n) is 16.6. The van der Waals surface area contributed by atoms with Crippen molar-refractivity contribution in [3.8, 4) is 23.7 Å². The van der Waals surface area contributed by atoms with Crippen LogP contribution in [0.15, 0.2) is 102 Å². The van der Waals surface area contributed by atoms with Gasteiger partial charge in [0, 0.05) is 22.3 Å².